The van der Waals surface area contributed by atoms with Gasteiger partial charge in [-0.2, -0.15) is 0 Å². The number of nitrogens with one attached hydrogen (secondary N) is 1. The minimum atomic E-state index is -0.533. The van der Waals surface area contributed by atoms with Crippen molar-refractivity contribution >= 4 is 39.9 Å². The van der Waals surface area contributed by atoms with Gasteiger partial charge in [0.25, 0.3) is 0 Å². The maximum absolute atomic E-state index is 14.0. The fourth-order valence-electron chi connectivity index (χ4n) is 2.46. The number of carbonyl (C=O) groups is 2. The SMILES string of the molecule is CC(=O)c1ccc(SCC(=O)Nc2nc(-c3ccc(F)cc3)c(C)s2)c(F)c1. The number of ketones is 1. The van der Waals surface area contributed by atoms with Gasteiger partial charge in [0, 0.05) is 20.9 Å². The highest BCUT2D eigenvalue weighted by atomic mass is 32.2. The molecule has 2 aromatic carbocycles. The van der Waals surface area contributed by atoms with Crippen molar-refractivity contribution in [2.75, 3.05) is 11.1 Å². The standard InChI is InChI=1S/C20H16F2N2O2S2/c1-11(25)14-5-8-17(16(22)9-14)27-10-18(26)23-20-24-19(12(2)28-20)13-3-6-15(21)7-4-13/h3-9H,10H2,1-2H3,(H,23,24,26). The predicted octanol–water partition coefficient (Wildman–Crippen LogP) is 5.33. The van der Waals surface area contributed by atoms with Gasteiger partial charge in [-0.15, -0.1) is 23.1 Å². The van der Waals surface area contributed by atoms with Crippen molar-refractivity contribution < 1.29 is 18.4 Å². The number of aryl methyl sites for hydroxylation is 1. The van der Waals surface area contributed by atoms with E-state index < -0.39 is 5.82 Å². The average Bonchev–Trinajstić information content (AvgIpc) is 3.01. The summed E-state index contributed by atoms with van der Waals surface area (Å²) in [6.07, 6.45) is 0. The van der Waals surface area contributed by atoms with Crippen LogP contribution in [0.1, 0.15) is 22.2 Å². The minimum Gasteiger partial charge on any atom is -0.301 e. The number of thiazole rings is 1. The summed E-state index contributed by atoms with van der Waals surface area (Å²) in [5.41, 5.74) is 1.73. The zero-order valence-electron chi connectivity index (χ0n) is 15.1. The Morgan fingerprint density at radius 2 is 1.86 bits per heavy atom. The number of anilines is 1. The maximum atomic E-state index is 14.0. The Hall–Kier alpha value is -2.58. The summed E-state index contributed by atoms with van der Waals surface area (Å²) in [6.45, 7) is 3.23. The van der Waals surface area contributed by atoms with E-state index in [1.54, 1.807) is 12.1 Å². The molecule has 0 saturated heterocycles. The molecule has 0 aliphatic rings. The molecule has 0 spiro atoms. The fourth-order valence-corrected chi connectivity index (χ4v) is 4.03. The van der Waals surface area contributed by atoms with Gasteiger partial charge in [0.15, 0.2) is 10.9 Å². The van der Waals surface area contributed by atoms with Crippen molar-refractivity contribution in [3.8, 4) is 11.3 Å². The second-order valence-corrected chi connectivity index (χ2v) is 8.19. The lowest BCUT2D eigenvalue weighted by atomic mass is 10.1. The molecule has 0 bridgehead atoms. The van der Waals surface area contributed by atoms with Gasteiger partial charge in [-0.3, -0.25) is 9.59 Å². The summed E-state index contributed by atoms with van der Waals surface area (Å²) in [5.74, 6) is -1.40. The number of amides is 1. The molecule has 3 aromatic rings. The van der Waals surface area contributed by atoms with E-state index in [1.807, 2.05) is 6.92 Å². The third-order valence-electron chi connectivity index (χ3n) is 3.86. The molecule has 0 aliphatic carbocycles. The van der Waals surface area contributed by atoms with E-state index in [2.05, 4.69) is 10.3 Å². The minimum absolute atomic E-state index is 0.000841. The Kier molecular flexibility index (Phi) is 6.21. The van der Waals surface area contributed by atoms with E-state index in [1.165, 1.54) is 48.6 Å². The number of rotatable bonds is 6. The number of nitrogens with zero attached hydrogens (tertiary/aromatic N) is 1. The number of carbonyl (C=O) groups excluding carboxylic acids is 2. The third kappa shape index (κ3) is 4.82. The lowest BCUT2D eigenvalue weighted by molar-refractivity contribution is -0.113. The Bertz CT molecular complexity index is 1030. The monoisotopic (exact) mass is 418 g/mol. The van der Waals surface area contributed by atoms with Gasteiger partial charge in [0.1, 0.15) is 11.6 Å². The average molecular weight is 418 g/mol. The van der Waals surface area contributed by atoms with Crippen LogP contribution in [0.5, 0.6) is 0 Å². The predicted molar refractivity (Wildman–Crippen MR) is 108 cm³/mol. The number of halogens is 2. The number of hydrogen-bond acceptors (Lipinski definition) is 5. The Balaban J connectivity index is 1.63. The van der Waals surface area contributed by atoms with Crippen molar-refractivity contribution in [1.82, 2.24) is 4.98 Å². The first-order chi connectivity index (χ1) is 13.3. The first kappa shape index (κ1) is 20.2. The van der Waals surface area contributed by atoms with Gasteiger partial charge in [0.05, 0.1) is 11.4 Å². The van der Waals surface area contributed by atoms with Crippen molar-refractivity contribution in [2.24, 2.45) is 0 Å². The van der Waals surface area contributed by atoms with Gasteiger partial charge in [-0.25, -0.2) is 13.8 Å². The number of benzene rings is 2. The van der Waals surface area contributed by atoms with Crippen LogP contribution < -0.4 is 5.32 Å². The number of Topliss-reactive ketones (excluding diaryl/α,β-unsaturated/α-hetero) is 1. The molecule has 1 heterocycles. The van der Waals surface area contributed by atoms with Gasteiger partial charge in [-0.1, -0.05) is 6.07 Å². The molecule has 3 rings (SSSR count). The maximum Gasteiger partial charge on any atom is 0.236 e. The van der Waals surface area contributed by atoms with Gasteiger partial charge < -0.3 is 5.32 Å². The molecule has 0 saturated carbocycles. The molecule has 1 amide bonds. The zero-order valence-corrected chi connectivity index (χ0v) is 16.7. The molecule has 0 unspecified atom stereocenters. The van der Waals surface area contributed by atoms with Crippen LogP contribution in [0.4, 0.5) is 13.9 Å². The normalized spacial score (nSPS) is 10.7. The summed E-state index contributed by atoms with van der Waals surface area (Å²) in [6, 6.07) is 10.2. The summed E-state index contributed by atoms with van der Waals surface area (Å²) < 4.78 is 27.1. The van der Waals surface area contributed by atoms with Crippen LogP contribution >= 0.6 is 23.1 Å². The van der Waals surface area contributed by atoms with Crippen LogP contribution in [-0.2, 0) is 4.79 Å². The number of aromatic nitrogens is 1. The molecular formula is C20H16F2N2O2S2. The zero-order chi connectivity index (χ0) is 20.3. The van der Waals surface area contributed by atoms with Gasteiger partial charge in [0.2, 0.25) is 5.91 Å². The molecule has 0 radical (unpaired) electrons. The number of hydrogen-bond donors (Lipinski definition) is 1. The lowest BCUT2D eigenvalue weighted by Gasteiger charge is -2.05. The van der Waals surface area contributed by atoms with Crippen LogP contribution in [0.25, 0.3) is 11.3 Å². The molecule has 1 N–H and O–H groups in total. The first-order valence-electron chi connectivity index (χ1n) is 8.30. The molecule has 0 atom stereocenters. The smallest absolute Gasteiger partial charge is 0.236 e. The second-order valence-electron chi connectivity index (χ2n) is 5.97. The second kappa shape index (κ2) is 8.62. The summed E-state index contributed by atoms with van der Waals surface area (Å²) in [4.78, 5) is 29.0. The first-order valence-corrected chi connectivity index (χ1v) is 10.1. The van der Waals surface area contributed by atoms with Crippen LogP contribution in [-0.4, -0.2) is 22.4 Å². The van der Waals surface area contributed by atoms with Crippen LogP contribution in [0.15, 0.2) is 47.4 Å². The number of thioether (sulfide) groups is 1. The Morgan fingerprint density at radius 1 is 1.14 bits per heavy atom. The lowest BCUT2D eigenvalue weighted by Crippen LogP contribution is -2.14. The van der Waals surface area contributed by atoms with Crippen molar-refractivity contribution in [3.63, 3.8) is 0 Å². The Labute approximate surface area is 169 Å². The summed E-state index contributed by atoms with van der Waals surface area (Å²) in [5, 5.41) is 3.13. The molecule has 1 aromatic heterocycles. The van der Waals surface area contributed by atoms with E-state index >= 15 is 0 Å². The topological polar surface area (TPSA) is 59.1 Å². The quantitative estimate of drug-likeness (QED) is 0.434. The molecule has 144 valence electrons. The molecule has 8 heteroatoms. The van der Waals surface area contributed by atoms with Crippen LogP contribution in [0, 0.1) is 18.6 Å². The van der Waals surface area contributed by atoms with E-state index in [0.717, 1.165) is 22.2 Å². The summed E-state index contributed by atoms with van der Waals surface area (Å²) in [7, 11) is 0. The van der Waals surface area contributed by atoms with Crippen molar-refractivity contribution in [2.45, 2.75) is 18.7 Å². The van der Waals surface area contributed by atoms with E-state index in [-0.39, 0.29) is 28.8 Å². The van der Waals surface area contributed by atoms with Crippen LogP contribution in [0.2, 0.25) is 0 Å². The van der Waals surface area contributed by atoms with Gasteiger partial charge in [-0.05, 0) is 50.2 Å². The largest absolute Gasteiger partial charge is 0.301 e. The Morgan fingerprint density at radius 3 is 2.50 bits per heavy atom. The molecule has 0 aliphatic heterocycles. The van der Waals surface area contributed by atoms with Crippen LogP contribution in [0.3, 0.4) is 0 Å². The molecule has 4 nitrogen and oxygen atoms in total. The van der Waals surface area contributed by atoms with Gasteiger partial charge >= 0.3 is 0 Å². The molecule has 28 heavy (non-hydrogen) atoms. The molecule has 0 fully saturated rings. The van der Waals surface area contributed by atoms with E-state index in [0.29, 0.717) is 15.7 Å². The van der Waals surface area contributed by atoms with E-state index in [4.69, 9.17) is 0 Å². The van der Waals surface area contributed by atoms with E-state index in [9.17, 15) is 18.4 Å². The molecular weight excluding hydrogens is 402 g/mol. The summed E-state index contributed by atoms with van der Waals surface area (Å²) >= 11 is 2.35. The van der Waals surface area contributed by atoms with Crippen molar-refractivity contribution in [3.05, 3.63) is 64.5 Å². The highest BCUT2D eigenvalue weighted by molar-refractivity contribution is 8.00. The highest BCUT2D eigenvalue weighted by Crippen LogP contribution is 2.31. The highest BCUT2D eigenvalue weighted by Gasteiger charge is 2.14. The van der Waals surface area contributed by atoms with Crippen molar-refractivity contribution in [1.29, 1.82) is 0 Å². The fraction of sp³-hybridized carbons (Fsp3) is 0.150. The third-order valence-corrected chi connectivity index (χ3v) is 5.79.